The van der Waals surface area contributed by atoms with E-state index in [2.05, 4.69) is 340 Å². The maximum Gasteiger partial charge on any atom is 0.180 e. The van der Waals surface area contributed by atoms with E-state index < -0.39 is 38.8 Å². The number of rotatable bonds is 0. The van der Waals surface area contributed by atoms with Gasteiger partial charge < -0.3 is 0 Å². The van der Waals surface area contributed by atoms with Crippen molar-refractivity contribution >= 4 is 139 Å². The van der Waals surface area contributed by atoms with Crippen molar-refractivity contribution in [1.29, 1.82) is 0 Å². The van der Waals surface area contributed by atoms with E-state index in [9.17, 15) is 0 Å². The fourth-order valence-corrected chi connectivity index (χ4v) is 22.0. The molecule has 16 bridgehead atoms. The molecule has 0 aromatic heterocycles. The fourth-order valence-electron chi connectivity index (χ4n) is 22.0. The van der Waals surface area contributed by atoms with Crippen LogP contribution < -0.4 is 0 Å². The minimum absolute atomic E-state index is 0.391. The molecule has 0 nitrogen and oxygen atoms in total. The lowest BCUT2D eigenvalue weighted by Crippen LogP contribution is -2.26. The molecule has 10 aliphatic carbocycles. The molecule has 0 unspecified atom stereocenters. The molecule has 0 heterocycles. The Morgan fingerprint density at radius 3 is 0.328 bits per heavy atom. The minimum Gasteiger partial charge on any atom is -0.0874 e. The molecule has 0 atom stereocenters. The molecular weight excluding hydrogens is 1670 g/mol. The quantitative estimate of drug-likeness (QED) is 0.133. The van der Waals surface area contributed by atoms with Gasteiger partial charge in [-0.05, 0) is 271 Å². The zero-order valence-corrected chi connectivity index (χ0v) is 70.2. The van der Waals surface area contributed by atoms with E-state index in [-0.39, 0.29) is 0 Å². The van der Waals surface area contributed by atoms with Crippen LogP contribution in [0, 0.1) is 0 Å². The average Bonchev–Trinajstić information content (AvgIpc) is 1.51. The Labute approximate surface area is 733 Å². The second-order valence-corrected chi connectivity index (χ2v) is 38.4. The Morgan fingerprint density at radius 2 is 0.216 bits per heavy atom. The van der Waals surface area contributed by atoms with Crippen molar-refractivity contribution in [3.05, 3.63) is 429 Å². The summed E-state index contributed by atoms with van der Waals surface area (Å²) in [6.07, 6.45) is 0. The first kappa shape index (κ1) is 74.5. The molecular formula is C104H60Cl12. The first-order valence-corrected chi connectivity index (χ1v) is 43.4. The van der Waals surface area contributed by atoms with Crippen LogP contribution in [-0.2, 0) is 21.7 Å². The summed E-state index contributed by atoms with van der Waals surface area (Å²) in [4.78, 5) is 0. The summed E-state index contributed by atoms with van der Waals surface area (Å²) in [6.45, 7) is 0. The highest BCUT2D eigenvalue weighted by Crippen LogP contribution is 2.70. The summed E-state index contributed by atoms with van der Waals surface area (Å²) < 4.78 is -3.00. The number of hydrogen-bond acceptors (Lipinski definition) is 0. The predicted octanol–water partition coefficient (Wildman–Crippen LogP) is 32.0. The van der Waals surface area contributed by atoms with Gasteiger partial charge in [0.05, 0.1) is 21.7 Å². The van der Waals surface area contributed by atoms with E-state index >= 15 is 0 Å². The van der Waals surface area contributed by atoms with Crippen LogP contribution in [0.2, 0.25) is 0 Å². The summed E-state index contributed by atoms with van der Waals surface area (Å²) in [7, 11) is 0. The van der Waals surface area contributed by atoms with E-state index in [4.69, 9.17) is 139 Å². The highest BCUT2D eigenvalue weighted by Gasteiger charge is 2.57. The molecule has 0 saturated heterocycles. The smallest absolute Gasteiger partial charge is 0.0874 e. The van der Waals surface area contributed by atoms with Gasteiger partial charge in [0, 0.05) is 0 Å². The average molecular weight is 1740 g/mol. The van der Waals surface area contributed by atoms with Gasteiger partial charge in [-0.25, -0.2) is 0 Å². The number of fused-ring (bicyclic) bond motifs is 28. The Bertz CT molecular complexity index is 5620. The maximum atomic E-state index is 4.81. The molecule has 0 radical (unpaired) electrons. The van der Waals surface area contributed by atoms with Crippen LogP contribution >= 0.6 is 139 Å². The molecule has 116 heavy (non-hydrogen) atoms. The van der Waals surface area contributed by atoms with Gasteiger partial charge in [0.2, 0.25) is 0 Å². The van der Waals surface area contributed by atoms with Crippen LogP contribution in [0.5, 0.6) is 0 Å². The van der Waals surface area contributed by atoms with Crippen LogP contribution in [0.4, 0.5) is 0 Å². The standard InChI is InChI=1S/2C50H28.4CHCl3/c2*1-5-13-41-33(9-1)37-21-17-29-25-45(37)49(41)42-14-6-2-10-34(42)38-22-18-30(26-46(38)49)32-20-24-40-36-12-4-8-16-44(36)50(48(40)28-32)43-15-7-3-11-35(43)39-23-19-31(29)27-47(39)50;4*2-1(3)4/h2*1-28H;4*1H. The van der Waals surface area contributed by atoms with Gasteiger partial charge >= 0.3 is 0 Å². The monoisotopic (exact) mass is 1730 g/mol. The predicted molar refractivity (Wildman–Crippen MR) is 492 cm³/mol. The lowest BCUT2D eigenvalue weighted by Gasteiger charge is -2.32. The van der Waals surface area contributed by atoms with Crippen molar-refractivity contribution < 1.29 is 0 Å². The third kappa shape index (κ3) is 10.6. The summed E-state index contributed by atoms with van der Waals surface area (Å²) in [6, 6.07) is 131. The van der Waals surface area contributed by atoms with E-state index in [1.807, 2.05) is 0 Å². The molecule has 12 heteroatoms. The topological polar surface area (TPSA) is 0 Å². The van der Waals surface area contributed by atoms with Crippen molar-refractivity contribution in [2.75, 3.05) is 0 Å². The van der Waals surface area contributed by atoms with E-state index in [0.717, 1.165) is 0 Å². The lowest BCUT2D eigenvalue weighted by molar-refractivity contribution is 0.791. The number of halogens is 12. The highest BCUT2D eigenvalue weighted by molar-refractivity contribution is 6.64. The third-order valence-corrected chi connectivity index (χ3v) is 25.7. The molecule has 10 aliphatic rings. The van der Waals surface area contributed by atoms with Gasteiger partial charge in [-0.15, -0.1) is 0 Å². The maximum absolute atomic E-state index is 4.81. The summed E-state index contributed by atoms with van der Waals surface area (Å²) in [5, 5.41) is 0. The van der Waals surface area contributed by atoms with Gasteiger partial charge in [-0.1, -0.05) is 430 Å². The van der Waals surface area contributed by atoms with Gasteiger partial charge in [0.15, 0.2) is 17.2 Å². The van der Waals surface area contributed by atoms with Gasteiger partial charge in [0.1, 0.15) is 0 Å². The van der Waals surface area contributed by atoms with Crippen LogP contribution in [0.15, 0.2) is 340 Å². The van der Waals surface area contributed by atoms with Gasteiger partial charge in [0.25, 0.3) is 0 Å². The van der Waals surface area contributed by atoms with Crippen molar-refractivity contribution in [2.45, 2.75) is 38.8 Å². The number of benzene rings is 16. The Hall–Kier alpha value is -9.00. The molecule has 16 aromatic carbocycles. The molecule has 0 fully saturated rings. The van der Waals surface area contributed by atoms with Crippen LogP contribution in [0.3, 0.4) is 0 Å². The number of hydrogen-bond donors (Lipinski definition) is 0. The first-order chi connectivity index (χ1) is 56.5. The molecule has 0 saturated carbocycles. The first-order valence-electron chi connectivity index (χ1n) is 38.1. The molecule has 4 spiro atoms. The van der Waals surface area contributed by atoms with Gasteiger partial charge in [-0.3, -0.25) is 0 Å². The Balaban J connectivity index is 0.000000123. The summed E-state index contributed by atoms with van der Waals surface area (Å²) in [5.74, 6) is 0. The largest absolute Gasteiger partial charge is 0.180 e. The zero-order valence-electron chi connectivity index (χ0n) is 61.2. The number of alkyl halides is 12. The van der Waals surface area contributed by atoms with E-state index in [1.54, 1.807) is 0 Å². The second kappa shape index (κ2) is 28.4. The van der Waals surface area contributed by atoms with E-state index in [1.165, 1.54) is 223 Å². The van der Waals surface area contributed by atoms with E-state index in [0.29, 0.717) is 0 Å². The van der Waals surface area contributed by atoms with Crippen molar-refractivity contribution in [1.82, 2.24) is 0 Å². The fraction of sp³-hybridized carbons (Fsp3) is 0.0769. The Kier molecular flexibility index (Phi) is 18.2. The molecule has 0 N–H and O–H groups in total. The molecule has 560 valence electrons. The lowest BCUT2D eigenvalue weighted by atomic mass is 9.68. The molecule has 0 aliphatic heterocycles. The normalized spacial score (nSPS) is 14.6. The van der Waals surface area contributed by atoms with Crippen molar-refractivity contribution in [2.24, 2.45) is 0 Å². The van der Waals surface area contributed by atoms with Crippen LogP contribution in [-0.4, -0.2) is 17.2 Å². The molecule has 16 aromatic rings. The second-order valence-electron chi connectivity index (χ2n) is 30.4. The van der Waals surface area contributed by atoms with Crippen molar-refractivity contribution in [3.8, 4) is 134 Å². The van der Waals surface area contributed by atoms with Crippen molar-refractivity contribution in [3.63, 3.8) is 0 Å². The van der Waals surface area contributed by atoms with Crippen LogP contribution in [0.25, 0.3) is 134 Å². The van der Waals surface area contributed by atoms with Gasteiger partial charge in [-0.2, -0.15) is 0 Å². The highest BCUT2D eigenvalue weighted by atomic mass is 35.6. The minimum atomic E-state index is -0.750. The third-order valence-electron chi connectivity index (χ3n) is 25.7. The summed E-state index contributed by atoms with van der Waals surface area (Å²) >= 11 is 57.7. The van der Waals surface area contributed by atoms with Crippen LogP contribution in [0.1, 0.15) is 89.0 Å². The Morgan fingerprint density at radius 1 is 0.121 bits per heavy atom. The molecule has 0 amide bonds. The zero-order chi connectivity index (χ0) is 79.0. The SMILES string of the molecule is ClC(Cl)Cl.ClC(Cl)Cl.ClC(Cl)Cl.ClC(Cl)Cl.c1ccc2c(c1)-c1ccc3cc1C21c2ccccc2-c2ccc(cc21)-c1ccc2c(c1)C1(c4ccccc4-c4ccc-3cc41)c1ccccc1-2.c1ccc2c(c1)-c1ccc3cc1C21c2ccccc2-c2ccc(cc21)-c1ccc2c(c1)C1(c4ccccc4-c4ccc-3cc41)c1ccccc1-2. The summed E-state index contributed by atoms with van der Waals surface area (Å²) in [5.41, 5.74) is 52.2. The molecule has 26 rings (SSSR count).